The highest BCUT2D eigenvalue weighted by atomic mass is 32.1. The first kappa shape index (κ1) is 13.5. The van der Waals surface area contributed by atoms with Crippen molar-refractivity contribution in [2.45, 2.75) is 13.0 Å². The van der Waals surface area contributed by atoms with Gasteiger partial charge in [0.15, 0.2) is 0 Å². The minimum Gasteiger partial charge on any atom is -0.496 e. The number of carbonyl (C=O) groups excluding carboxylic acids is 1. The van der Waals surface area contributed by atoms with Gasteiger partial charge >= 0.3 is 0 Å². The molecule has 5 heteroatoms. The molecule has 100 valence electrons. The molecule has 0 aliphatic rings. The molecule has 0 saturated heterocycles. The Hall–Kier alpha value is -1.88. The first-order chi connectivity index (χ1) is 9.15. The fourth-order valence-corrected chi connectivity index (χ4v) is 2.42. The highest BCUT2D eigenvalue weighted by Crippen LogP contribution is 2.28. The van der Waals surface area contributed by atoms with Gasteiger partial charge in [-0.25, -0.2) is 4.98 Å². The van der Waals surface area contributed by atoms with E-state index in [-0.39, 0.29) is 11.9 Å². The summed E-state index contributed by atoms with van der Waals surface area (Å²) >= 11 is 1.42. The zero-order chi connectivity index (χ0) is 13.8. The summed E-state index contributed by atoms with van der Waals surface area (Å²) in [7, 11) is 3.41. The van der Waals surface area contributed by atoms with Crippen molar-refractivity contribution in [3.63, 3.8) is 0 Å². The molecule has 1 heterocycles. The second kappa shape index (κ2) is 5.84. The maximum Gasteiger partial charge on any atom is 0.273 e. The van der Waals surface area contributed by atoms with E-state index < -0.39 is 0 Å². The molecule has 4 nitrogen and oxygen atoms in total. The van der Waals surface area contributed by atoms with Crippen LogP contribution in [0.4, 0.5) is 0 Å². The molecule has 1 unspecified atom stereocenters. The Kier molecular flexibility index (Phi) is 4.16. The smallest absolute Gasteiger partial charge is 0.273 e. The molecule has 0 fully saturated rings. The number of benzene rings is 1. The van der Waals surface area contributed by atoms with E-state index in [4.69, 9.17) is 4.74 Å². The SMILES string of the molecule is COc1ccccc1C(C)N(C)C(=O)c1cscn1. The van der Waals surface area contributed by atoms with Crippen molar-refractivity contribution in [1.82, 2.24) is 9.88 Å². The Morgan fingerprint density at radius 1 is 1.42 bits per heavy atom. The second-order valence-corrected chi connectivity index (χ2v) is 4.93. The summed E-state index contributed by atoms with van der Waals surface area (Å²) in [5.41, 5.74) is 3.12. The van der Waals surface area contributed by atoms with Crippen molar-refractivity contribution < 1.29 is 9.53 Å². The molecule has 0 bridgehead atoms. The first-order valence-electron chi connectivity index (χ1n) is 5.93. The van der Waals surface area contributed by atoms with Crippen molar-refractivity contribution in [1.29, 1.82) is 0 Å². The van der Waals surface area contributed by atoms with Crippen LogP contribution in [0.5, 0.6) is 5.75 Å². The Morgan fingerprint density at radius 3 is 2.79 bits per heavy atom. The van der Waals surface area contributed by atoms with Gasteiger partial charge in [-0.15, -0.1) is 11.3 Å². The predicted molar refractivity (Wildman–Crippen MR) is 75.6 cm³/mol. The third-order valence-corrected chi connectivity index (χ3v) is 3.73. The molecule has 0 N–H and O–H groups in total. The summed E-state index contributed by atoms with van der Waals surface area (Å²) in [4.78, 5) is 18.0. The average molecular weight is 276 g/mol. The van der Waals surface area contributed by atoms with Crippen molar-refractivity contribution in [2.75, 3.05) is 14.2 Å². The van der Waals surface area contributed by atoms with Crippen molar-refractivity contribution in [3.8, 4) is 5.75 Å². The fraction of sp³-hybridized carbons (Fsp3) is 0.286. The van der Waals surface area contributed by atoms with E-state index in [1.807, 2.05) is 31.2 Å². The second-order valence-electron chi connectivity index (χ2n) is 4.21. The van der Waals surface area contributed by atoms with Crippen molar-refractivity contribution >= 4 is 17.2 Å². The van der Waals surface area contributed by atoms with Crippen LogP contribution in [0.15, 0.2) is 35.2 Å². The number of hydrogen-bond donors (Lipinski definition) is 0. The summed E-state index contributed by atoms with van der Waals surface area (Å²) in [6.07, 6.45) is 0. The zero-order valence-corrected chi connectivity index (χ0v) is 12.0. The number of hydrogen-bond acceptors (Lipinski definition) is 4. The van der Waals surface area contributed by atoms with Gasteiger partial charge in [0.25, 0.3) is 5.91 Å². The molecule has 1 atom stereocenters. The number of carbonyl (C=O) groups is 1. The number of thiazole rings is 1. The molecule has 2 rings (SSSR count). The van der Waals surface area contributed by atoms with E-state index in [0.29, 0.717) is 5.69 Å². The van der Waals surface area contributed by atoms with Crippen LogP contribution < -0.4 is 4.74 Å². The molecule has 0 saturated carbocycles. The number of amides is 1. The van der Waals surface area contributed by atoms with E-state index in [9.17, 15) is 4.79 Å². The first-order valence-corrected chi connectivity index (χ1v) is 6.87. The fourth-order valence-electron chi connectivity index (χ4n) is 1.89. The van der Waals surface area contributed by atoms with Gasteiger partial charge in [0.2, 0.25) is 0 Å². The zero-order valence-electron chi connectivity index (χ0n) is 11.2. The van der Waals surface area contributed by atoms with E-state index in [1.165, 1.54) is 11.3 Å². The molecular formula is C14H16N2O2S. The number of ether oxygens (including phenoxy) is 1. The number of para-hydroxylation sites is 1. The average Bonchev–Trinajstić information content (AvgIpc) is 2.99. The lowest BCUT2D eigenvalue weighted by atomic mass is 10.1. The van der Waals surface area contributed by atoms with Gasteiger partial charge in [-0.2, -0.15) is 0 Å². The number of methoxy groups -OCH3 is 1. The van der Waals surface area contributed by atoms with Crippen LogP contribution in [0, 0.1) is 0 Å². The van der Waals surface area contributed by atoms with Gasteiger partial charge in [-0.3, -0.25) is 4.79 Å². The van der Waals surface area contributed by atoms with Crippen LogP contribution in [0.25, 0.3) is 0 Å². The maximum atomic E-state index is 12.2. The Balaban J connectivity index is 2.23. The Labute approximate surface area is 116 Å². The minimum atomic E-state index is -0.0837. The number of rotatable bonds is 4. The van der Waals surface area contributed by atoms with Crippen LogP contribution in [0.3, 0.4) is 0 Å². The monoisotopic (exact) mass is 276 g/mol. The summed E-state index contributed by atoms with van der Waals surface area (Å²) < 4.78 is 5.34. The third-order valence-electron chi connectivity index (χ3n) is 3.14. The third kappa shape index (κ3) is 2.76. The standard InChI is InChI=1S/C14H16N2O2S/c1-10(11-6-4-5-7-13(11)18-3)16(2)14(17)12-8-19-9-15-12/h4-10H,1-3H3. The van der Waals surface area contributed by atoms with E-state index in [1.54, 1.807) is 29.9 Å². The number of aromatic nitrogens is 1. The van der Waals surface area contributed by atoms with Gasteiger partial charge in [0.1, 0.15) is 11.4 Å². The molecular weight excluding hydrogens is 260 g/mol. The molecule has 0 aliphatic heterocycles. The molecule has 0 aliphatic carbocycles. The summed E-state index contributed by atoms with van der Waals surface area (Å²) in [6.45, 7) is 1.97. The highest BCUT2D eigenvalue weighted by molar-refractivity contribution is 7.07. The summed E-state index contributed by atoms with van der Waals surface area (Å²) in [6, 6.07) is 7.64. The van der Waals surface area contributed by atoms with E-state index in [0.717, 1.165) is 11.3 Å². The molecule has 0 radical (unpaired) electrons. The van der Waals surface area contributed by atoms with Gasteiger partial charge < -0.3 is 9.64 Å². The molecule has 19 heavy (non-hydrogen) atoms. The molecule has 1 aromatic heterocycles. The topological polar surface area (TPSA) is 42.4 Å². The lowest BCUT2D eigenvalue weighted by Crippen LogP contribution is -2.30. The Bertz CT molecular complexity index is 554. The van der Waals surface area contributed by atoms with Crippen LogP contribution in [0.2, 0.25) is 0 Å². The quantitative estimate of drug-likeness (QED) is 0.862. The molecule has 0 spiro atoms. The van der Waals surface area contributed by atoms with Gasteiger partial charge in [0, 0.05) is 18.0 Å². The van der Waals surface area contributed by atoms with Crippen LogP contribution in [-0.2, 0) is 0 Å². The lowest BCUT2D eigenvalue weighted by molar-refractivity contribution is 0.0736. The van der Waals surface area contributed by atoms with Gasteiger partial charge in [-0.1, -0.05) is 18.2 Å². The van der Waals surface area contributed by atoms with Crippen molar-refractivity contribution in [3.05, 3.63) is 46.4 Å². The normalized spacial score (nSPS) is 11.9. The van der Waals surface area contributed by atoms with Crippen LogP contribution in [0.1, 0.15) is 29.0 Å². The van der Waals surface area contributed by atoms with E-state index >= 15 is 0 Å². The molecule has 2 aromatic rings. The predicted octanol–water partition coefficient (Wildman–Crippen LogP) is 2.98. The van der Waals surface area contributed by atoms with Gasteiger partial charge in [0.05, 0.1) is 18.7 Å². The van der Waals surface area contributed by atoms with Crippen molar-refractivity contribution in [2.24, 2.45) is 0 Å². The lowest BCUT2D eigenvalue weighted by Gasteiger charge is -2.25. The van der Waals surface area contributed by atoms with Crippen LogP contribution in [-0.4, -0.2) is 29.9 Å². The Morgan fingerprint density at radius 2 is 2.16 bits per heavy atom. The molecule has 1 aromatic carbocycles. The van der Waals surface area contributed by atoms with Gasteiger partial charge in [-0.05, 0) is 13.0 Å². The maximum absolute atomic E-state index is 12.2. The molecule has 1 amide bonds. The van der Waals surface area contributed by atoms with Crippen LogP contribution >= 0.6 is 11.3 Å². The summed E-state index contributed by atoms with van der Waals surface area (Å²) in [5, 5.41) is 1.76. The largest absolute Gasteiger partial charge is 0.496 e. The highest BCUT2D eigenvalue weighted by Gasteiger charge is 2.22. The summed E-state index contributed by atoms with van der Waals surface area (Å²) in [5.74, 6) is 0.701. The minimum absolute atomic E-state index is 0.0784. The van der Waals surface area contributed by atoms with E-state index in [2.05, 4.69) is 4.98 Å². The number of nitrogens with zero attached hydrogens (tertiary/aromatic N) is 2.